The fraction of sp³-hybridized carbons (Fsp3) is 0.292. The van der Waals surface area contributed by atoms with Crippen LogP contribution < -0.4 is 0 Å². The maximum Gasteiger partial charge on any atom is 0.180 e. The van der Waals surface area contributed by atoms with Gasteiger partial charge >= 0.3 is 0 Å². The van der Waals surface area contributed by atoms with Crippen LogP contribution in [0.15, 0.2) is 66.1 Å². The van der Waals surface area contributed by atoms with E-state index in [9.17, 15) is 0 Å². The van der Waals surface area contributed by atoms with Gasteiger partial charge in [0.05, 0.1) is 6.61 Å². The second-order valence-electron chi connectivity index (χ2n) is 6.39. The molecular formula is C24H26O2. The second kappa shape index (κ2) is 9.12. The van der Waals surface area contributed by atoms with E-state index >= 15 is 0 Å². The third kappa shape index (κ3) is 4.47. The van der Waals surface area contributed by atoms with Crippen molar-refractivity contribution in [1.29, 1.82) is 0 Å². The maximum atomic E-state index is 6.25. The van der Waals surface area contributed by atoms with Crippen LogP contribution >= 0.6 is 0 Å². The van der Waals surface area contributed by atoms with Crippen LogP contribution in [0.5, 0.6) is 0 Å². The van der Waals surface area contributed by atoms with Crippen LogP contribution in [0.1, 0.15) is 56.2 Å². The molecule has 0 radical (unpaired) electrons. The van der Waals surface area contributed by atoms with Crippen molar-refractivity contribution in [3.63, 3.8) is 0 Å². The Morgan fingerprint density at radius 3 is 2.50 bits per heavy atom. The lowest BCUT2D eigenvalue weighted by molar-refractivity contribution is 0.198. The van der Waals surface area contributed by atoms with Crippen LogP contribution in [-0.2, 0) is 9.47 Å². The molecule has 0 spiro atoms. The Balaban J connectivity index is 2.02. The molecule has 2 aromatic carbocycles. The molecule has 0 amide bonds. The second-order valence-corrected chi connectivity index (χ2v) is 6.39. The van der Waals surface area contributed by atoms with E-state index < -0.39 is 0 Å². The molecule has 134 valence electrons. The third-order valence-electron chi connectivity index (χ3n) is 4.27. The SMILES string of the molecule is CCCCOC(=C=C1OC(c2ccccc2)=Cc2ccccc21)CCC. The molecule has 0 N–H and O–H groups in total. The van der Waals surface area contributed by atoms with Crippen LogP contribution in [0.25, 0.3) is 17.6 Å². The molecule has 3 rings (SSSR count). The van der Waals surface area contributed by atoms with Gasteiger partial charge in [0, 0.05) is 17.5 Å². The number of rotatable bonds is 7. The number of hydrogen-bond acceptors (Lipinski definition) is 2. The number of benzene rings is 2. The molecule has 1 aliphatic heterocycles. The first-order valence-corrected chi connectivity index (χ1v) is 9.48. The predicted octanol–water partition coefficient (Wildman–Crippen LogP) is 6.66. The van der Waals surface area contributed by atoms with E-state index in [2.05, 4.69) is 56.0 Å². The lowest BCUT2D eigenvalue weighted by Crippen LogP contribution is -2.02. The van der Waals surface area contributed by atoms with Crippen molar-refractivity contribution in [3.05, 3.63) is 82.8 Å². The average Bonchev–Trinajstić information content (AvgIpc) is 2.69. The van der Waals surface area contributed by atoms with Crippen LogP contribution in [0, 0.1) is 0 Å². The summed E-state index contributed by atoms with van der Waals surface area (Å²) in [5, 5.41) is 0. The minimum absolute atomic E-state index is 0.731. The molecule has 0 unspecified atom stereocenters. The topological polar surface area (TPSA) is 18.5 Å². The quantitative estimate of drug-likeness (QED) is 0.317. The van der Waals surface area contributed by atoms with Gasteiger partial charge in [0.1, 0.15) is 11.5 Å². The van der Waals surface area contributed by atoms with E-state index in [0.29, 0.717) is 0 Å². The Bertz CT molecular complexity index is 824. The molecule has 2 aromatic rings. The molecule has 0 saturated heterocycles. The van der Waals surface area contributed by atoms with Crippen molar-refractivity contribution in [2.75, 3.05) is 6.61 Å². The van der Waals surface area contributed by atoms with Gasteiger partial charge in [-0.3, -0.25) is 0 Å². The molecule has 1 heterocycles. The molecule has 0 aromatic heterocycles. The van der Waals surface area contributed by atoms with E-state index in [4.69, 9.17) is 9.47 Å². The van der Waals surface area contributed by atoms with Crippen molar-refractivity contribution in [2.45, 2.75) is 39.5 Å². The number of unbranched alkanes of at least 4 members (excludes halogenated alkanes) is 1. The summed E-state index contributed by atoms with van der Waals surface area (Å²) >= 11 is 0. The molecular weight excluding hydrogens is 320 g/mol. The Hall–Kier alpha value is -2.70. The molecule has 0 aliphatic carbocycles. The normalized spacial score (nSPS) is 12.5. The monoisotopic (exact) mass is 346 g/mol. The van der Waals surface area contributed by atoms with Gasteiger partial charge in [-0.25, -0.2) is 0 Å². The Morgan fingerprint density at radius 1 is 0.962 bits per heavy atom. The maximum absolute atomic E-state index is 6.25. The molecule has 2 heteroatoms. The highest BCUT2D eigenvalue weighted by Gasteiger charge is 2.18. The lowest BCUT2D eigenvalue weighted by Gasteiger charge is -2.20. The Kier molecular flexibility index (Phi) is 6.35. The fourth-order valence-corrected chi connectivity index (χ4v) is 2.87. The summed E-state index contributed by atoms with van der Waals surface area (Å²) in [4.78, 5) is 0. The summed E-state index contributed by atoms with van der Waals surface area (Å²) in [6.07, 6.45) is 6.15. The summed E-state index contributed by atoms with van der Waals surface area (Å²) in [5.41, 5.74) is 6.68. The smallest absolute Gasteiger partial charge is 0.180 e. The molecule has 0 fully saturated rings. The minimum atomic E-state index is 0.731. The van der Waals surface area contributed by atoms with Crippen molar-refractivity contribution >= 4 is 17.6 Å². The van der Waals surface area contributed by atoms with Gasteiger partial charge in [0.15, 0.2) is 5.76 Å². The predicted molar refractivity (Wildman–Crippen MR) is 108 cm³/mol. The average molecular weight is 346 g/mol. The molecule has 1 aliphatic rings. The van der Waals surface area contributed by atoms with Gasteiger partial charge in [0.2, 0.25) is 0 Å². The first kappa shape index (κ1) is 18.1. The van der Waals surface area contributed by atoms with Gasteiger partial charge in [-0.05, 0) is 36.3 Å². The molecule has 2 nitrogen and oxygen atoms in total. The van der Waals surface area contributed by atoms with Crippen molar-refractivity contribution < 1.29 is 9.47 Å². The van der Waals surface area contributed by atoms with Gasteiger partial charge in [0.25, 0.3) is 0 Å². The van der Waals surface area contributed by atoms with Crippen molar-refractivity contribution in [2.24, 2.45) is 0 Å². The van der Waals surface area contributed by atoms with E-state index in [-0.39, 0.29) is 0 Å². The number of ether oxygens (including phenoxy) is 2. The summed E-state index contributed by atoms with van der Waals surface area (Å²) in [6.45, 7) is 5.05. The zero-order valence-corrected chi connectivity index (χ0v) is 15.6. The summed E-state index contributed by atoms with van der Waals surface area (Å²) in [5.74, 6) is 2.46. The Morgan fingerprint density at radius 2 is 1.73 bits per heavy atom. The fourth-order valence-electron chi connectivity index (χ4n) is 2.87. The van der Waals surface area contributed by atoms with Gasteiger partial charge in [-0.15, -0.1) is 0 Å². The number of fused-ring (bicyclic) bond motifs is 1. The first-order chi connectivity index (χ1) is 12.8. The number of hydrogen-bond donors (Lipinski definition) is 0. The highest BCUT2D eigenvalue weighted by atomic mass is 16.5. The first-order valence-electron chi connectivity index (χ1n) is 9.48. The highest BCUT2D eigenvalue weighted by Crippen LogP contribution is 2.34. The van der Waals surface area contributed by atoms with E-state index in [1.165, 1.54) is 0 Å². The zero-order valence-electron chi connectivity index (χ0n) is 15.6. The summed E-state index contributed by atoms with van der Waals surface area (Å²) < 4.78 is 12.2. The van der Waals surface area contributed by atoms with Crippen molar-refractivity contribution in [1.82, 2.24) is 0 Å². The standard InChI is InChI=1S/C24H26O2/c1-3-5-16-25-21(11-4-2)18-24-22-15-10-9-14-20(22)17-23(26-24)19-12-7-6-8-13-19/h6-10,12-15,17H,3-5,11,16H2,1-2H3. The van der Waals surface area contributed by atoms with E-state index in [1.54, 1.807) is 0 Å². The Labute approximate surface area is 156 Å². The largest absolute Gasteiger partial charge is 0.490 e. The zero-order chi connectivity index (χ0) is 18.2. The number of allylic oxidation sites excluding steroid dienone is 1. The molecule has 26 heavy (non-hydrogen) atoms. The van der Waals surface area contributed by atoms with Crippen LogP contribution in [0.4, 0.5) is 0 Å². The minimum Gasteiger partial charge on any atom is -0.490 e. The highest BCUT2D eigenvalue weighted by molar-refractivity contribution is 5.88. The molecule has 0 atom stereocenters. The van der Waals surface area contributed by atoms with Gasteiger partial charge in [-0.2, -0.15) is 0 Å². The van der Waals surface area contributed by atoms with Crippen LogP contribution in [0.2, 0.25) is 0 Å². The molecule has 0 bridgehead atoms. The van der Waals surface area contributed by atoms with Crippen LogP contribution in [0.3, 0.4) is 0 Å². The summed E-state index contributed by atoms with van der Waals surface area (Å²) in [7, 11) is 0. The van der Waals surface area contributed by atoms with E-state index in [1.807, 2.05) is 24.3 Å². The van der Waals surface area contributed by atoms with E-state index in [0.717, 1.165) is 66.3 Å². The molecule has 0 saturated carbocycles. The van der Waals surface area contributed by atoms with Crippen molar-refractivity contribution in [3.8, 4) is 0 Å². The van der Waals surface area contributed by atoms with Crippen LogP contribution in [-0.4, -0.2) is 6.61 Å². The van der Waals surface area contributed by atoms with Gasteiger partial charge in [-0.1, -0.05) is 68.8 Å². The lowest BCUT2D eigenvalue weighted by atomic mass is 10.0. The summed E-state index contributed by atoms with van der Waals surface area (Å²) in [6, 6.07) is 18.4. The third-order valence-corrected chi connectivity index (χ3v) is 4.27. The van der Waals surface area contributed by atoms with Gasteiger partial charge < -0.3 is 9.47 Å².